The molecule has 18 heavy (non-hydrogen) atoms. The molecule has 0 aliphatic rings. The largest absolute Gasteiger partial charge is 0.445 e. The van der Waals surface area contributed by atoms with Gasteiger partial charge in [0.1, 0.15) is 6.61 Å². The Morgan fingerprint density at radius 2 is 1.89 bits per heavy atom. The van der Waals surface area contributed by atoms with Crippen molar-refractivity contribution in [2.24, 2.45) is 0 Å². The minimum atomic E-state index is -4.27. The number of carbonyl (C=O) groups is 1. The van der Waals surface area contributed by atoms with Gasteiger partial charge in [0.15, 0.2) is 0 Å². The average molecular weight is 261 g/mol. The van der Waals surface area contributed by atoms with Crippen molar-refractivity contribution in [1.29, 1.82) is 0 Å². The van der Waals surface area contributed by atoms with Gasteiger partial charge in [-0.25, -0.2) is 4.79 Å². The van der Waals surface area contributed by atoms with Gasteiger partial charge < -0.3 is 9.64 Å². The van der Waals surface area contributed by atoms with Crippen molar-refractivity contribution in [3.05, 3.63) is 35.9 Å². The molecule has 1 rings (SSSR count). The number of hydrogen-bond acceptors (Lipinski definition) is 2. The minimum Gasteiger partial charge on any atom is -0.445 e. The van der Waals surface area contributed by atoms with Gasteiger partial charge in [-0.1, -0.05) is 30.3 Å². The maximum atomic E-state index is 12.0. The topological polar surface area (TPSA) is 29.5 Å². The van der Waals surface area contributed by atoms with Crippen LogP contribution in [0, 0.1) is 0 Å². The quantitative estimate of drug-likeness (QED) is 0.833. The summed E-state index contributed by atoms with van der Waals surface area (Å²) in [6, 6.07) is 8.93. The summed E-state index contributed by atoms with van der Waals surface area (Å²) in [6.45, 7) is -0.354. The Hall–Kier alpha value is -1.72. The number of ether oxygens (including phenoxy) is 1. The highest BCUT2D eigenvalue weighted by atomic mass is 19.4. The Labute approximate surface area is 103 Å². The van der Waals surface area contributed by atoms with Gasteiger partial charge in [-0.15, -0.1) is 0 Å². The molecule has 0 aliphatic carbocycles. The van der Waals surface area contributed by atoms with Crippen molar-refractivity contribution in [3.8, 4) is 0 Å². The number of carbonyl (C=O) groups excluding carboxylic acids is 1. The molecule has 0 radical (unpaired) electrons. The summed E-state index contributed by atoms with van der Waals surface area (Å²) >= 11 is 0. The number of amides is 1. The fourth-order valence-electron chi connectivity index (χ4n) is 1.22. The Morgan fingerprint density at radius 3 is 2.44 bits per heavy atom. The second-order valence-corrected chi connectivity index (χ2v) is 3.83. The van der Waals surface area contributed by atoms with Crippen LogP contribution < -0.4 is 0 Å². The van der Waals surface area contributed by atoms with Gasteiger partial charge in [0.25, 0.3) is 0 Å². The average Bonchev–Trinajstić information content (AvgIpc) is 2.33. The molecule has 0 aromatic heterocycles. The molecular formula is C12H14F3NO2. The van der Waals surface area contributed by atoms with Crippen molar-refractivity contribution < 1.29 is 22.7 Å². The molecule has 0 unspecified atom stereocenters. The molecule has 0 saturated heterocycles. The lowest BCUT2D eigenvalue weighted by molar-refractivity contribution is -0.136. The predicted octanol–water partition coefficient (Wildman–Crippen LogP) is 3.21. The molecule has 0 N–H and O–H groups in total. The van der Waals surface area contributed by atoms with Crippen LogP contribution in [-0.4, -0.2) is 30.8 Å². The summed E-state index contributed by atoms with van der Waals surface area (Å²) in [5.74, 6) is 0. The molecule has 0 atom stereocenters. The normalized spacial score (nSPS) is 11.1. The van der Waals surface area contributed by atoms with E-state index in [1.165, 1.54) is 7.05 Å². The standard InChI is InChI=1S/C12H14F3NO2/c1-16(8-7-12(13,14)15)11(17)18-9-10-5-3-2-4-6-10/h2-6H,7-9H2,1H3. The lowest BCUT2D eigenvalue weighted by Crippen LogP contribution is -2.31. The zero-order valence-corrected chi connectivity index (χ0v) is 9.91. The van der Waals surface area contributed by atoms with Crippen LogP contribution in [0.5, 0.6) is 0 Å². The summed E-state index contributed by atoms with van der Waals surface area (Å²) < 4.78 is 40.7. The van der Waals surface area contributed by atoms with E-state index in [-0.39, 0.29) is 6.61 Å². The van der Waals surface area contributed by atoms with E-state index in [0.717, 1.165) is 10.5 Å². The van der Waals surface area contributed by atoms with Crippen LogP contribution in [0.1, 0.15) is 12.0 Å². The second kappa shape index (κ2) is 6.28. The Balaban J connectivity index is 2.32. The molecule has 1 aromatic carbocycles. The maximum Gasteiger partial charge on any atom is 0.409 e. The first-order chi connectivity index (χ1) is 8.38. The molecule has 0 fully saturated rings. The molecule has 0 bridgehead atoms. The molecule has 0 aliphatic heterocycles. The Kier molecular flexibility index (Phi) is 5.00. The van der Waals surface area contributed by atoms with E-state index in [0.29, 0.717) is 0 Å². The van der Waals surface area contributed by atoms with Crippen molar-refractivity contribution in [1.82, 2.24) is 4.90 Å². The van der Waals surface area contributed by atoms with Crippen molar-refractivity contribution in [2.75, 3.05) is 13.6 Å². The lowest BCUT2D eigenvalue weighted by Gasteiger charge is -2.17. The van der Waals surface area contributed by atoms with E-state index in [9.17, 15) is 18.0 Å². The fraction of sp³-hybridized carbons (Fsp3) is 0.417. The van der Waals surface area contributed by atoms with E-state index >= 15 is 0 Å². The van der Waals surface area contributed by atoms with Crippen LogP contribution in [0.15, 0.2) is 30.3 Å². The van der Waals surface area contributed by atoms with Gasteiger partial charge in [0.2, 0.25) is 0 Å². The second-order valence-electron chi connectivity index (χ2n) is 3.83. The van der Waals surface area contributed by atoms with Gasteiger partial charge in [-0.3, -0.25) is 0 Å². The van der Waals surface area contributed by atoms with Crippen molar-refractivity contribution in [2.45, 2.75) is 19.2 Å². The summed E-state index contributed by atoms with van der Waals surface area (Å²) in [5, 5.41) is 0. The maximum absolute atomic E-state index is 12.0. The SMILES string of the molecule is CN(CCC(F)(F)F)C(=O)OCc1ccccc1. The highest BCUT2D eigenvalue weighted by molar-refractivity contribution is 5.67. The number of hydrogen-bond donors (Lipinski definition) is 0. The Bertz CT molecular complexity index is 379. The van der Waals surface area contributed by atoms with Crippen LogP contribution in [0.25, 0.3) is 0 Å². The number of halogens is 3. The zero-order valence-electron chi connectivity index (χ0n) is 9.91. The summed E-state index contributed by atoms with van der Waals surface area (Å²) in [5.41, 5.74) is 0.787. The van der Waals surface area contributed by atoms with E-state index in [1.54, 1.807) is 24.3 Å². The predicted molar refractivity (Wildman–Crippen MR) is 59.9 cm³/mol. The highest BCUT2D eigenvalue weighted by Gasteiger charge is 2.28. The van der Waals surface area contributed by atoms with E-state index < -0.39 is 25.2 Å². The smallest absolute Gasteiger partial charge is 0.409 e. The zero-order chi connectivity index (χ0) is 13.6. The van der Waals surface area contributed by atoms with Gasteiger partial charge in [0.05, 0.1) is 6.42 Å². The number of nitrogens with zero attached hydrogens (tertiary/aromatic N) is 1. The molecule has 0 saturated carbocycles. The Morgan fingerprint density at radius 1 is 1.28 bits per heavy atom. The summed E-state index contributed by atoms with van der Waals surface area (Å²) in [6.07, 6.45) is -6.07. The first kappa shape index (κ1) is 14.3. The molecule has 1 amide bonds. The fourth-order valence-corrected chi connectivity index (χ4v) is 1.22. The van der Waals surface area contributed by atoms with Crippen LogP contribution in [0.3, 0.4) is 0 Å². The van der Waals surface area contributed by atoms with E-state index in [1.807, 2.05) is 6.07 Å². The van der Waals surface area contributed by atoms with E-state index in [2.05, 4.69) is 0 Å². The van der Waals surface area contributed by atoms with E-state index in [4.69, 9.17) is 4.74 Å². The monoisotopic (exact) mass is 261 g/mol. The molecule has 100 valence electrons. The van der Waals surface area contributed by atoms with Gasteiger partial charge >= 0.3 is 12.3 Å². The van der Waals surface area contributed by atoms with Gasteiger partial charge in [-0.2, -0.15) is 13.2 Å². The third-order valence-electron chi connectivity index (χ3n) is 2.25. The molecule has 0 spiro atoms. The van der Waals surface area contributed by atoms with Crippen LogP contribution in [-0.2, 0) is 11.3 Å². The molecule has 1 aromatic rings. The molecule has 0 heterocycles. The summed E-state index contributed by atoms with van der Waals surface area (Å²) in [4.78, 5) is 12.3. The first-order valence-corrected chi connectivity index (χ1v) is 5.37. The molecule has 6 heteroatoms. The molecular weight excluding hydrogens is 247 g/mol. The van der Waals surface area contributed by atoms with Crippen molar-refractivity contribution >= 4 is 6.09 Å². The van der Waals surface area contributed by atoms with Gasteiger partial charge in [0, 0.05) is 13.6 Å². The lowest BCUT2D eigenvalue weighted by atomic mass is 10.2. The van der Waals surface area contributed by atoms with Crippen LogP contribution in [0.4, 0.5) is 18.0 Å². The number of benzene rings is 1. The van der Waals surface area contributed by atoms with Gasteiger partial charge in [-0.05, 0) is 5.56 Å². The minimum absolute atomic E-state index is 0.0516. The third-order valence-corrected chi connectivity index (χ3v) is 2.25. The van der Waals surface area contributed by atoms with Crippen LogP contribution in [0.2, 0.25) is 0 Å². The van der Waals surface area contributed by atoms with Crippen LogP contribution >= 0.6 is 0 Å². The van der Waals surface area contributed by atoms with Crippen molar-refractivity contribution in [3.63, 3.8) is 0 Å². The number of alkyl halides is 3. The highest BCUT2D eigenvalue weighted by Crippen LogP contribution is 2.19. The summed E-state index contributed by atoms with van der Waals surface area (Å²) in [7, 11) is 1.28. The first-order valence-electron chi connectivity index (χ1n) is 5.37. The third kappa shape index (κ3) is 5.56. The number of rotatable bonds is 4. The molecule has 3 nitrogen and oxygen atoms in total.